The average Bonchev–Trinajstić information content (AvgIpc) is 3.05. The summed E-state index contributed by atoms with van der Waals surface area (Å²) in [5.41, 5.74) is 0.00586. The minimum Gasteiger partial charge on any atom is -0.482 e. The molecule has 1 aromatic heterocycles. The van der Waals surface area contributed by atoms with E-state index in [0.717, 1.165) is 43.8 Å². The molecule has 174 valence electrons. The van der Waals surface area contributed by atoms with Gasteiger partial charge in [0.1, 0.15) is 21.4 Å². The molecule has 0 bridgehead atoms. The number of nitrogens with one attached hydrogen (secondary N) is 2. The fourth-order valence-electron chi connectivity index (χ4n) is 2.51. The molecule has 2 rings (SSSR count). The number of thiophene rings is 1. The molecule has 0 saturated heterocycles. The van der Waals surface area contributed by atoms with E-state index in [0.29, 0.717) is 0 Å². The van der Waals surface area contributed by atoms with Crippen LogP contribution in [0.5, 0.6) is 5.75 Å². The lowest BCUT2D eigenvalue weighted by atomic mass is 10.1. The standard InChI is InChI=1S/C19H18F4N2O6S/c1-9-14(17(27)29-2)16(32-15(9)18(28)30-3)25-13(26)7-24-11-6-10(20)4-5-12(11)31-8-19(21,22)23/h4-6,24H,7-8H2,1-3H3,(H,25,26). The van der Waals surface area contributed by atoms with Crippen molar-refractivity contribution in [2.45, 2.75) is 13.1 Å². The maximum absolute atomic E-state index is 13.5. The summed E-state index contributed by atoms with van der Waals surface area (Å²) in [7, 11) is 2.27. The predicted octanol–water partition coefficient (Wildman–Crippen LogP) is 3.76. The molecule has 1 aromatic carbocycles. The fraction of sp³-hybridized carbons (Fsp3) is 0.316. The first-order chi connectivity index (χ1) is 15.0. The van der Waals surface area contributed by atoms with Crippen LogP contribution in [0.25, 0.3) is 0 Å². The first-order valence-electron chi connectivity index (χ1n) is 8.79. The summed E-state index contributed by atoms with van der Waals surface area (Å²) in [6.07, 6.45) is -4.61. The van der Waals surface area contributed by atoms with Crippen LogP contribution in [0, 0.1) is 12.7 Å². The van der Waals surface area contributed by atoms with Crippen LogP contribution in [0.3, 0.4) is 0 Å². The second-order valence-electron chi connectivity index (χ2n) is 6.19. The Morgan fingerprint density at radius 2 is 1.75 bits per heavy atom. The number of halogens is 4. The SMILES string of the molecule is COC(=O)c1sc(NC(=O)CNc2cc(F)ccc2OCC(F)(F)F)c(C(=O)OC)c1C. The molecule has 0 aliphatic rings. The van der Waals surface area contributed by atoms with Crippen molar-refractivity contribution in [3.8, 4) is 5.75 Å². The number of methoxy groups -OCH3 is 2. The molecule has 0 atom stereocenters. The van der Waals surface area contributed by atoms with Crippen molar-refractivity contribution in [1.82, 2.24) is 0 Å². The number of ether oxygens (including phenoxy) is 3. The summed E-state index contributed by atoms with van der Waals surface area (Å²) in [5.74, 6) is -3.34. The molecule has 0 aliphatic carbocycles. The highest BCUT2D eigenvalue weighted by molar-refractivity contribution is 7.18. The Hall–Kier alpha value is -3.35. The Kier molecular flexibility index (Phi) is 8.02. The highest BCUT2D eigenvalue weighted by Crippen LogP contribution is 2.34. The molecule has 0 radical (unpaired) electrons. The normalized spacial score (nSPS) is 11.0. The third kappa shape index (κ3) is 6.33. The maximum atomic E-state index is 13.5. The summed E-state index contributed by atoms with van der Waals surface area (Å²) in [4.78, 5) is 36.4. The second kappa shape index (κ2) is 10.3. The largest absolute Gasteiger partial charge is 0.482 e. The summed E-state index contributed by atoms with van der Waals surface area (Å²) in [6.45, 7) is -0.649. The van der Waals surface area contributed by atoms with Crippen molar-refractivity contribution in [3.05, 3.63) is 40.0 Å². The number of rotatable bonds is 8. The number of carbonyl (C=O) groups is 3. The van der Waals surface area contributed by atoms with E-state index in [-0.39, 0.29) is 32.4 Å². The van der Waals surface area contributed by atoms with E-state index < -0.39 is 43.0 Å². The molecule has 0 fully saturated rings. The van der Waals surface area contributed by atoms with Gasteiger partial charge in [-0.15, -0.1) is 11.3 Å². The zero-order valence-corrected chi connectivity index (χ0v) is 17.8. The number of benzene rings is 1. The number of amides is 1. The van der Waals surface area contributed by atoms with Crippen molar-refractivity contribution in [2.24, 2.45) is 0 Å². The third-order valence-electron chi connectivity index (χ3n) is 3.93. The highest BCUT2D eigenvalue weighted by Gasteiger charge is 2.29. The molecule has 0 unspecified atom stereocenters. The van der Waals surface area contributed by atoms with Crippen molar-refractivity contribution in [3.63, 3.8) is 0 Å². The van der Waals surface area contributed by atoms with Crippen LogP contribution in [-0.2, 0) is 14.3 Å². The fourth-order valence-corrected chi connectivity index (χ4v) is 3.64. The van der Waals surface area contributed by atoms with Crippen molar-refractivity contribution >= 4 is 39.9 Å². The van der Waals surface area contributed by atoms with E-state index in [1.807, 2.05) is 0 Å². The summed E-state index contributed by atoms with van der Waals surface area (Å²) < 4.78 is 64.7. The van der Waals surface area contributed by atoms with Crippen LogP contribution < -0.4 is 15.4 Å². The molecule has 2 N–H and O–H groups in total. The predicted molar refractivity (Wildman–Crippen MR) is 107 cm³/mol. The van der Waals surface area contributed by atoms with E-state index in [2.05, 4.69) is 24.8 Å². The Labute approximate surface area is 183 Å². The van der Waals surface area contributed by atoms with Gasteiger partial charge in [0.15, 0.2) is 6.61 Å². The Morgan fingerprint density at radius 3 is 2.34 bits per heavy atom. The number of hydrogen-bond acceptors (Lipinski definition) is 8. The quantitative estimate of drug-likeness (QED) is 0.440. The van der Waals surface area contributed by atoms with Gasteiger partial charge in [0.2, 0.25) is 5.91 Å². The molecule has 8 nitrogen and oxygen atoms in total. The number of anilines is 2. The molecule has 1 heterocycles. The van der Waals surface area contributed by atoms with Crippen LogP contribution >= 0.6 is 11.3 Å². The molecular formula is C19H18F4N2O6S. The first kappa shape index (κ1) is 24.9. The second-order valence-corrected chi connectivity index (χ2v) is 7.21. The lowest BCUT2D eigenvalue weighted by molar-refractivity contribution is -0.153. The van der Waals surface area contributed by atoms with Gasteiger partial charge in [-0.1, -0.05) is 0 Å². The van der Waals surface area contributed by atoms with E-state index in [4.69, 9.17) is 0 Å². The van der Waals surface area contributed by atoms with Gasteiger partial charge in [-0.25, -0.2) is 14.0 Å². The summed E-state index contributed by atoms with van der Waals surface area (Å²) in [5, 5.41) is 4.91. The number of esters is 2. The Bertz CT molecular complexity index is 1020. The van der Waals surface area contributed by atoms with E-state index >= 15 is 0 Å². The van der Waals surface area contributed by atoms with E-state index in [1.165, 1.54) is 6.92 Å². The molecule has 13 heteroatoms. The highest BCUT2D eigenvalue weighted by atomic mass is 32.1. The van der Waals surface area contributed by atoms with Crippen LogP contribution in [0.1, 0.15) is 25.6 Å². The minimum atomic E-state index is -4.61. The zero-order chi connectivity index (χ0) is 24.1. The lowest BCUT2D eigenvalue weighted by Crippen LogP contribution is -2.23. The van der Waals surface area contributed by atoms with Crippen LogP contribution in [-0.4, -0.2) is 51.4 Å². The summed E-state index contributed by atoms with van der Waals surface area (Å²) in [6, 6.07) is 2.76. The van der Waals surface area contributed by atoms with E-state index in [1.54, 1.807) is 0 Å². The monoisotopic (exact) mass is 478 g/mol. The van der Waals surface area contributed by atoms with E-state index in [9.17, 15) is 31.9 Å². The molecule has 2 aromatic rings. The van der Waals surface area contributed by atoms with Gasteiger partial charge in [-0.2, -0.15) is 13.2 Å². The van der Waals surface area contributed by atoms with Gasteiger partial charge in [0.25, 0.3) is 0 Å². The Morgan fingerprint density at radius 1 is 1.09 bits per heavy atom. The lowest BCUT2D eigenvalue weighted by Gasteiger charge is -2.14. The number of hydrogen-bond donors (Lipinski definition) is 2. The van der Waals surface area contributed by atoms with Gasteiger partial charge in [-0.05, 0) is 24.6 Å². The molecule has 32 heavy (non-hydrogen) atoms. The molecule has 1 amide bonds. The number of carbonyl (C=O) groups excluding carboxylic acids is 3. The smallest absolute Gasteiger partial charge is 0.422 e. The molecule has 0 saturated carbocycles. The van der Waals surface area contributed by atoms with Crippen molar-refractivity contribution in [1.29, 1.82) is 0 Å². The average molecular weight is 478 g/mol. The Balaban J connectivity index is 2.18. The molecule has 0 spiro atoms. The zero-order valence-electron chi connectivity index (χ0n) is 17.0. The molecular weight excluding hydrogens is 460 g/mol. The van der Waals surface area contributed by atoms with Gasteiger partial charge in [0, 0.05) is 6.07 Å². The van der Waals surface area contributed by atoms with Crippen LogP contribution in [0.4, 0.5) is 28.3 Å². The third-order valence-corrected chi connectivity index (χ3v) is 5.12. The topological polar surface area (TPSA) is 103 Å². The number of alkyl halides is 3. The molecule has 0 aliphatic heterocycles. The van der Waals surface area contributed by atoms with Gasteiger partial charge in [-0.3, -0.25) is 4.79 Å². The minimum absolute atomic E-state index is 0.00865. The van der Waals surface area contributed by atoms with Gasteiger partial charge in [0.05, 0.1) is 32.0 Å². The first-order valence-corrected chi connectivity index (χ1v) is 9.61. The maximum Gasteiger partial charge on any atom is 0.422 e. The van der Waals surface area contributed by atoms with Gasteiger partial charge >= 0.3 is 18.1 Å². The van der Waals surface area contributed by atoms with Crippen molar-refractivity contribution in [2.75, 3.05) is 38.0 Å². The van der Waals surface area contributed by atoms with Crippen LogP contribution in [0.2, 0.25) is 0 Å². The van der Waals surface area contributed by atoms with Crippen molar-refractivity contribution < 1.29 is 46.2 Å². The van der Waals surface area contributed by atoms with Crippen LogP contribution in [0.15, 0.2) is 18.2 Å². The van der Waals surface area contributed by atoms with Gasteiger partial charge < -0.3 is 24.8 Å². The summed E-state index contributed by atoms with van der Waals surface area (Å²) >= 11 is 0.784.